The van der Waals surface area contributed by atoms with Gasteiger partial charge in [-0.1, -0.05) is 18.0 Å². The van der Waals surface area contributed by atoms with Crippen molar-refractivity contribution in [2.24, 2.45) is 0 Å². The topological polar surface area (TPSA) is 75.4 Å². The van der Waals surface area contributed by atoms with Gasteiger partial charge >= 0.3 is 6.18 Å². The second-order valence-electron chi connectivity index (χ2n) is 7.18. The van der Waals surface area contributed by atoms with E-state index in [2.05, 4.69) is 26.2 Å². The van der Waals surface area contributed by atoms with Gasteiger partial charge in [0.1, 0.15) is 9.90 Å². The van der Waals surface area contributed by atoms with Gasteiger partial charge in [-0.2, -0.15) is 13.2 Å². The zero-order valence-electron chi connectivity index (χ0n) is 16.0. The highest BCUT2D eigenvalue weighted by Crippen LogP contribution is 2.35. The number of alkyl halides is 3. The largest absolute Gasteiger partial charge is 0.452 e. The number of nitrogens with zero attached hydrogens (tertiary/aromatic N) is 2. The van der Waals surface area contributed by atoms with Crippen molar-refractivity contribution >= 4 is 21.4 Å². The molecule has 1 fully saturated rings. The Morgan fingerprint density at radius 2 is 1.93 bits per heavy atom. The van der Waals surface area contributed by atoms with E-state index in [1.807, 2.05) is 0 Å². The molecule has 0 aliphatic carbocycles. The molecule has 1 atom stereocenters. The summed E-state index contributed by atoms with van der Waals surface area (Å²) in [5.41, 5.74) is -0.0430. The van der Waals surface area contributed by atoms with Crippen molar-refractivity contribution in [2.45, 2.75) is 55.5 Å². The van der Waals surface area contributed by atoms with Gasteiger partial charge in [0.2, 0.25) is 15.8 Å². The van der Waals surface area contributed by atoms with Crippen molar-refractivity contribution in [1.29, 1.82) is 0 Å². The maximum Gasteiger partial charge on any atom is 0.452 e. The summed E-state index contributed by atoms with van der Waals surface area (Å²) in [5, 5.41) is 3.39. The van der Waals surface area contributed by atoms with E-state index in [0.29, 0.717) is 17.8 Å². The third kappa shape index (κ3) is 5.80. The van der Waals surface area contributed by atoms with Crippen LogP contribution in [0.1, 0.15) is 44.8 Å². The molecule has 1 aliphatic rings. The zero-order valence-corrected chi connectivity index (χ0v) is 17.7. The van der Waals surface area contributed by atoms with E-state index >= 15 is 0 Å². The lowest BCUT2D eigenvalue weighted by atomic mass is 10.2. The van der Waals surface area contributed by atoms with Crippen LogP contribution in [0.5, 0.6) is 0 Å². The molecule has 0 radical (unpaired) electrons. The normalized spacial score (nSPS) is 17.9. The lowest BCUT2D eigenvalue weighted by Gasteiger charge is -2.27. The number of nitrogens with one attached hydrogen (secondary N) is 1. The average molecular weight is 452 g/mol. The Balaban J connectivity index is 1.58. The highest BCUT2D eigenvalue weighted by Gasteiger charge is 2.36. The Bertz CT molecular complexity index is 901. The summed E-state index contributed by atoms with van der Waals surface area (Å²) in [5.74, 6) is -1.22. The first-order chi connectivity index (χ1) is 13.7. The summed E-state index contributed by atoms with van der Waals surface area (Å²) in [4.78, 5) is 2.69. The number of thiophene rings is 1. The number of likely N-dealkylation sites (tertiary alicyclic amines) is 1. The molecule has 0 aromatic carbocycles. The monoisotopic (exact) mass is 451 g/mol. The van der Waals surface area contributed by atoms with Crippen LogP contribution in [0, 0.1) is 0 Å². The Morgan fingerprint density at radius 3 is 2.55 bits per heavy atom. The number of hydrogen-bond acceptors (Lipinski definition) is 6. The highest BCUT2D eigenvalue weighted by molar-refractivity contribution is 7.91. The van der Waals surface area contributed by atoms with Crippen LogP contribution in [-0.2, 0) is 16.2 Å². The van der Waals surface area contributed by atoms with Gasteiger partial charge in [0.25, 0.3) is 0 Å². The lowest BCUT2D eigenvalue weighted by molar-refractivity contribution is -0.155. The van der Waals surface area contributed by atoms with E-state index in [-0.39, 0.29) is 15.9 Å². The fraction of sp³-hybridized carbons (Fsp3) is 0.611. The first-order valence-corrected chi connectivity index (χ1v) is 11.8. The van der Waals surface area contributed by atoms with E-state index < -0.39 is 22.0 Å². The van der Waals surface area contributed by atoms with Gasteiger partial charge in [0, 0.05) is 18.7 Å². The van der Waals surface area contributed by atoms with Crippen LogP contribution >= 0.6 is 11.3 Å². The van der Waals surface area contributed by atoms with Crippen LogP contribution in [0.15, 0.2) is 26.9 Å². The number of hydrogen-bond donors (Lipinski definition) is 1. The summed E-state index contributed by atoms with van der Waals surface area (Å²) >= 11 is 0.856. The van der Waals surface area contributed by atoms with Gasteiger partial charge in [0.05, 0.1) is 4.88 Å². The van der Waals surface area contributed by atoms with Gasteiger partial charge in [-0.3, -0.25) is 0 Å². The minimum Gasteiger partial charge on any atom is -0.351 e. The number of rotatable bonds is 7. The second-order valence-corrected chi connectivity index (χ2v) is 10.3. The molecule has 11 heteroatoms. The quantitative estimate of drug-likeness (QED) is 0.677. The predicted molar refractivity (Wildman–Crippen MR) is 104 cm³/mol. The van der Waals surface area contributed by atoms with E-state index in [1.165, 1.54) is 37.8 Å². The highest BCUT2D eigenvalue weighted by atomic mass is 32.2. The minimum atomic E-state index is -4.64. The lowest BCUT2D eigenvalue weighted by Crippen LogP contribution is -2.37. The molecule has 162 valence electrons. The predicted octanol–water partition coefficient (Wildman–Crippen LogP) is 4.35. The molecule has 3 rings (SSSR count). The molecule has 1 saturated heterocycles. The maximum absolute atomic E-state index is 12.6. The standard InChI is InChI=1S/C18H24F3N3O3S2/c1-13(24-10-4-2-3-5-11-24)8-9-22-29(25,26)17-7-6-15(28-17)14-12-16(27-23-14)18(19,20)21/h6-7,12-13,22H,2-5,8-11H2,1H3/t13-/m1/s1. The third-order valence-corrected chi connectivity index (χ3v) is 8.07. The van der Waals surface area contributed by atoms with E-state index in [0.717, 1.165) is 30.5 Å². The molecule has 1 aliphatic heterocycles. The molecule has 3 heterocycles. The van der Waals surface area contributed by atoms with Gasteiger partial charge in [-0.25, -0.2) is 13.1 Å². The van der Waals surface area contributed by atoms with Gasteiger partial charge in [-0.15, -0.1) is 11.3 Å². The molecule has 29 heavy (non-hydrogen) atoms. The third-order valence-electron chi connectivity index (χ3n) is 5.01. The molecule has 0 unspecified atom stereocenters. The van der Waals surface area contributed by atoms with Gasteiger partial charge in [0.15, 0.2) is 0 Å². The number of sulfonamides is 1. The number of halogens is 3. The Labute approximate surface area is 172 Å². The van der Waals surface area contributed by atoms with Crippen molar-refractivity contribution in [3.63, 3.8) is 0 Å². The van der Waals surface area contributed by atoms with Gasteiger partial charge < -0.3 is 9.42 Å². The van der Waals surface area contributed by atoms with Crippen molar-refractivity contribution in [3.8, 4) is 10.6 Å². The Hall–Kier alpha value is -1.43. The SMILES string of the molecule is C[C@H](CCNS(=O)(=O)c1ccc(-c2cc(C(F)(F)F)on2)s1)N1CCCCCC1. The maximum atomic E-state index is 12.6. The van der Waals surface area contributed by atoms with Crippen LogP contribution in [0.2, 0.25) is 0 Å². The van der Waals surface area contributed by atoms with Crippen molar-refractivity contribution in [2.75, 3.05) is 19.6 Å². The molecule has 1 N–H and O–H groups in total. The van der Waals surface area contributed by atoms with Crippen molar-refractivity contribution < 1.29 is 26.1 Å². The van der Waals surface area contributed by atoms with Crippen LogP contribution in [0.25, 0.3) is 10.6 Å². The Morgan fingerprint density at radius 1 is 1.24 bits per heavy atom. The molecule has 0 saturated carbocycles. The minimum absolute atomic E-state index is 0.0338. The molecule has 0 bridgehead atoms. The Kier molecular flexibility index (Phi) is 7.02. The second kappa shape index (κ2) is 9.15. The van der Waals surface area contributed by atoms with Crippen LogP contribution in [0.4, 0.5) is 13.2 Å². The summed E-state index contributed by atoms with van der Waals surface area (Å²) in [7, 11) is -3.73. The first-order valence-electron chi connectivity index (χ1n) is 9.54. The summed E-state index contributed by atoms with van der Waals surface area (Å²) < 4.78 is 69.9. The molecular weight excluding hydrogens is 427 g/mol. The molecule has 0 amide bonds. The summed E-state index contributed by atoms with van der Waals surface area (Å²) in [6.45, 7) is 4.49. The molecule has 0 spiro atoms. The van der Waals surface area contributed by atoms with Gasteiger partial charge in [-0.05, 0) is 51.4 Å². The molecular formula is C18H24F3N3O3S2. The fourth-order valence-corrected chi connectivity index (χ4v) is 5.67. The first kappa shape index (κ1) is 22.3. The van der Waals surface area contributed by atoms with E-state index in [4.69, 9.17) is 0 Å². The molecule has 6 nitrogen and oxygen atoms in total. The van der Waals surface area contributed by atoms with E-state index in [1.54, 1.807) is 0 Å². The zero-order chi connectivity index (χ0) is 21.1. The smallest absolute Gasteiger partial charge is 0.351 e. The average Bonchev–Trinajstić information content (AvgIpc) is 3.25. The van der Waals surface area contributed by atoms with Crippen molar-refractivity contribution in [1.82, 2.24) is 14.8 Å². The van der Waals surface area contributed by atoms with Crippen LogP contribution in [0.3, 0.4) is 0 Å². The molecule has 2 aromatic rings. The van der Waals surface area contributed by atoms with E-state index in [9.17, 15) is 21.6 Å². The summed E-state index contributed by atoms with van der Waals surface area (Å²) in [6.07, 6.45) is 0.885. The van der Waals surface area contributed by atoms with Crippen molar-refractivity contribution in [3.05, 3.63) is 24.0 Å². The fourth-order valence-electron chi connectivity index (χ4n) is 3.32. The number of aromatic nitrogens is 1. The molecule has 2 aromatic heterocycles. The van der Waals surface area contributed by atoms with Crippen LogP contribution in [-0.4, -0.2) is 44.2 Å². The summed E-state index contributed by atoms with van der Waals surface area (Å²) in [6, 6.07) is 3.84. The van der Waals surface area contributed by atoms with Crippen LogP contribution < -0.4 is 4.72 Å².